The molecule has 0 saturated heterocycles. The third-order valence-electron chi connectivity index (χ3n) is 6.11. The molecule has 0 fully saturated rings. The van der Waals surface area contributed by atoms with E-state index < -0.39 is 6.04 Å². The number of nitrogens with zero attached hydrogens (tertiary/aromatic N) is 4. The van der Waals surface area contributed by atoms with Crippen molar-refractivity contribution in [1.82, 2.24) is 20.1 Å². The molecule has 190 valence electrons. The number of methoxy groups -OCH3 is 1. The first-order valence-corrected chi connectivity index (χ1v) is 12.5. The molecule has 2 atom stereocenters. The summed E-state index contributed by atoms with van der Waals surface area (Å²) >= 11 is 6.10. The topological polar surface area (TPSA) is 99.4 Å². The molecule has 0 saturated carbocycles. The lowest BCUT2D eigenvalue weighted by Gasteiger charge is -2.17. The molecule has 0 radical (unpaired) electrons. The molecule has 3 aromatic rings. The van der Waals surface area contributed by atoms with Gasteiger partial charge in [0.05, 0.1) is 18.4 Å². The van der Waals surface area contributed by atoms with Gasteiger partial charge in [-0.2, -0.15) is 0 Å². The number of nitrogens with two attached hydrogens (primary N) is 1. The van der Waals surface area contributed by atoms with Gasteiger partial charge in [0.25, 0.3) is 6.57 Å². The number of ether oxygens (including phenoxy) is 1. The van der Waals surface area contributed by atoms with E-state index in [1.807, 2.05) is 48.7 Å². The molecule has 0 spiro atoms. The molecular weight excluding hydrogens is 476 g/mol. The van der Waals surface area contributed by atoms with E-state index in [4.69, 9.17) is 28.6 Å². The zero-order valence-electron chi connectivity index (χ0n) is 21.1. The molecule has 0 bridgehead atoms. The highest BCUT2D eigenvalue weighted by Crippen LogP contribution is 2.35. The van der Waals surface area contributed by atoms with Crippen LogP contribution in [0.25, 0.3) is 10.5 Å². The normalized spacial score (nSPS) is 12.6. The van der Waals surface area contributed by atoms with Crippen LogP contribution in [0.2, 0.25) is 5.02 Å². The minimum atomic E-state index is -0.476. The van der Waals surface area contributed by atoms with Crippen LogP contribution in [-0.4, -0.2) is 40.9 Å². The Balaban J connectivity index is 1.92. The van der Waals surface area contributed by atoms with Crippen LogP contribution in [0, 0.1) is 19.4 Å². The lowest BCUT2D eigenvalue weighted by molar-refractivity contribution is -0.124. The highest BCUT2D eigenvalue weighted by atomic mass is 35.5. The fourth-order valence-corrected chi connectivity index (χ4v) is 4.25. The number of benzene rings is 2. The van der Waals surface area contributed by atoms with Crippen molar-refractivity contribution < 1.29 is 9.53 Å². The number of carbonyl (C=O) groups excluding carboxylic acids is 1. The Morgan fingerprint density at radius 3 is 2.61 bits per heavy atom. The maximum Gasteiger partial charge on any atom is 0.324 e. The Bertz CT molecular complexity index is 1200. The van der Waals surface area contributed by atoms with Gasteiger partial charge < -0.3 is 15.8 Å². The zero-order valence-corrected chi connectivity index (χ0v) is 21.8. The van der Waals surface area contributed by atoms with Crippen molar-refractivity contribution in [3.63, 3.8) is 0 Å². The monoisotopic (exact) mass is 509 g/mol. The Kier molecular flexibility index (Phi) is 9.86. The predicted molar refractivity (Wildman–Crippen MR) is 143 cm³/mol. The van der Waals surface area contributed by atoms with Crippen molar-refractivity contribution >= 4 is 17.5 Å². The largest absolute Gasteiger partial charge is 0.497 e. The van der Waals surface area contributed by atoms with Crippen molar-refractivity contribution in [3.05, 3.63) is 75.1 Å². The Hall–Kier alpha value is -3.41. The Morgan fingerprint density at radius 2 is 1.94 bits per heavy atom. The minimum Gasteiger partial charge on any atom is -0.497 e. The van der Waals surface area contributed by atoms with Crippen LogP contribution in [0.1, 0.15) is 55.0 Å². The molecule has 8 nitrogen and oxygen atoms in total. The standard InChI is InChI=1S/C27H33ClN6O2/c1-18(27(35)31-15-7-5-6-14-29)16-25-33-32-19(2)34(25)24-13-12-22(36-4)17-23(24)26(30-3)20-8-10-21(28)11-9-20/h3,8-13,17-18,26H,5-7,14-16,29H2,1-2,4H3/p+1/t18-,26?/m1/s1. The van der Waals surface area contributed by atoms with Crippen molar-refractivity contribution in [2.24, 2.45) is 11.7 Å². The Morgan fingerprint density at radius 1 is 1.19 bits per heavy atom. The second-order valence-corrected chi connectivity index (χ2v) is 9.21. The van der Waals surface area contributed by atoms with E-state index >= 15 is 0 Å². The summed E-state index contributed by atoms with van der Waals surface area (Å²) in [6, 6.07) is 12.6. The van der Waals surface area contributed by atoms with E-state index in [0.29, 0.717) is 41.9 Å². The van der Waals surface area contributed by atoms with Gasteiger partial charge in [-0.1, -0.05) is 29.8 Å². The van der Waals surface area contributed by atoms with E-state index in [0.717, 1.165) is 36.1 Å². The molecule has 9 heteroatoms. The van der Waals surface area contributed by atoms with Crippen LogP contribution >= 0.6 is 11.6 Å². The number of aryl methyl sites for hydroxylation is 1. The zero-order chi connectivity index (χ0) is 26.1. The highest BCUT2D eigenvalue weighted by Gasteiger charge is 2.29. The summed E-state index contributed by atoms with van der Waals surface area (Å²) in [6.07, 6.45) is 3.30. The number of rotatable bonds is 12. The first kappa shape index (κ1) is 27.2. The van der Waals surface area contributed by atoms with Gasteiger partial charge in [0.2, 0.25) is 5.91 Å². The minimum absolute atomic E-state index is 0.0131. The molecule has 0 aliphatic carbocycles. The number of unbranched alkanes of at least 4 members (excludes halogenated alkanes) is 2. The number of amides is 1. The SMILES string of the molecule is C#[N+]C(c1ccc(Cl)cc1)c1cc(OC)ccc1-n1c(C)nnc1C[C@@H](C)C(=O)NCCCCCN. The van der Waals surface area contributed by atoms with E-state index in [1.54, 1.807) is 19.2 Å². The summed E-state index contributed by atoms with van der Waals surface area (Å²) in [5.74, 6) is 1.75. The summed E-state index contributed by atoms with van der Waals surface area (Å²) in [4.78, 5) is 16.9. The molecule has 3 N–H and O–H groups in total. The number of hydrogen-bond donors (Lipinski definition) is 2. The molecule has 0 aliphatic heterocycles. The lowest BCUT2D eigenvalue weighted by atomic mass is 9.97. The van der Waals surface area contributed by atoms with E-state index in [9.17, 15) is 4.79 Å². The van der Waals surface area contributed by atoms with Crippen LogP contribution < -0.4 is 15.8 Å². The molecule has 3 rings (SSSR count). The molecule has 1 amide bonds. The van der Waals surface area contributed by atoms with Gasteiger partial charge in [-0.25, -0.2) is 0 Å². The van der Waals surface area contributed by atoms with Crippen LogP contribution in [0.3, 0.4) is 0 Å². The van der Waals surface area contributed by atoms with Gasteiger partial charge in [-0.05, 0) is 68.8 Å². The van der Waals surface area contributed by atoms with Gasteiger partial charge in [0.15, 0.2) is 0 Å². The smallest absolute Gasteiger partial charge is 0.324 e. The van der Waals surface area contributed by atoms with E-state index in [-0.39, 0.29) is 11.8 Å². The number of aromatic nitrogens is 3. The van der Waals surface area contributed by atoms with Gasteiger partial charge >= 0.3 is 6.04 Å². The average Bonchev–Trinajstić information content (AvgIpc) is 3.24. The van der Waals surface area contributed by atoms with Crippen LogP contribution in [-0.2, 0) is 11.2 Å². The third kappa shape index (κ3) is 6.62. The molecule has 0 aliphatic rings. The Labute approximate surface area is 217 Å². The van der Waals surface area contributed by atoms with Gasteiger partial charge in [-0.15, -0.1) is 10.2 Å². The average molecular weight is 510 g/mol. The fourth-order valence-electron chi connectivity index (χ4n) is 4.12. The van der Waals surface area contributed by atoms with Crippen LogP contribution in [0.5, 0.6) is 5.75 Å². The number of halogens is 1. The van der Waals surface area contributed by atoms with Crippen molar-refractivity contribution in [2.75, 3.05) is 20.2 Å². The fraction of sp³-hybridized carbons (Fsp3) is 0.407. The molecule has 1 aromatic heterocycles. The lowest BCUT2D eigenvalue weighted by Crippen LogP contribution is -2.31. The maximum absolute atomic E-state index is 12.7. The summed E-state index contributed by atoms with van der Waals surface area (Å²) in [5, 5.41) is 12.4. The maximum atomic E-state index is 12.7. The second kappa shape index (κ2) is 13.1. The first-order valence-electron chi connectivity index (χ1n) is 12.1. The molecule has 36 heavy (non-hydrogen) atoms. The van der Waals surface area contributed by atoms with E-state index in [2.05, 4.69) is 20.4 Å². The number of carbonyl (C=O) groups is 1. The quantitative estimate of drug-likeness (QED) is 0.344. The summed E-state index contributed by atoms with van der Waals surface area (Å²) in [6.45, 7) is 11.0. The first-order chi connectivity index (χ1) is 17.4. The molecule has 2 aromatic carbocycles. The van der Waals surface area contributed by atoms with Crippen molar-refractivity contribution in [3.8, 4) is 18.0 Å². The highest BCUT2D eigenvalue weighted by molar-refractivity contribution is 6.30. The summed E-state index contributed by atoms with van der Waals surface area (Å²) in [7, 11) is 1.61. The van der Waals surface area contributed by atoms with Crippen molar-refractivity contribution in [2.45, 2.75) is 45.6 Å². The molecule has 1 unspecified atom stereocenters. The number of nitrogens with one attached hydrogen (secondary N) is 1. The van der Waals surface area contributed by atoms with E-state index in [1.165, 1.54) is 0 Å². The van der Waals surface area contributed by atoms with Gasteiger partial charge in [0, 0.05) is 29.5 Å². The third-order valence-corrected chi connectivity index (χ3v) is 6.37. The van der Waals surface area contributed by atoms with Crippen LogP contribution in [0.4, 0.5) is 0 Å². The summed E-state index contributed by atoms with van der Waals surface area (Å²) < 4.78 is 7.44. The van der Waals surface area contributed by atoms with Crippen LogP contribution in [0.15, 0.2) is 42.5 Å². The number of hydrogen-bond acceptors (Lipinski definition) is 5. The summed E-state index contributed by atoms with van der Waals surface area (Å²) in [5.41, 5.74) is 8.05. The molecular formula is C27H34ClN6O2+. The second-order valence-electron chi connectivity index (χ2n) is 8.77. The van der Waals surface area contributed by atoms with Gasteiger partial charge in [0.1, 0.15) is 17.4 Å². The predicted octanol–water partition coefficient (Wildman–Crippen LogP) is 4.71. The van der Waals surface area contributed by atoms with Crippen molar-refractivity contribution in [1.29, 1.82) is 0 Å². The van der Waals surface area contributed by atoms with Gasteiger partial charge in [-0.3, -0.25) is 9.36 Å². The molecule has 1 heterocycles.